The highest BCUT2D eigenvalue weighted by Gasteiger charge is 2.22. The summed E-state index contributed by atoms with van der Waals surface area (Å²) in [7, 11) is 0. The normalized spacial score (nSPS) is 15.8. The van der Waals surface area contributed by atoms with E-state index in [1.54, 1.807) is 18.2 Å². The van der Waals surface area contributed by atoms with Gasteiger partial charge >= 0.3 is 0 Å². The maximum absolute atomic E-state index is 12.3. The largest absolute Gasteiger partial charge is 0.352 e. The van der Waals surface area contributed by atoms with Gasteiger partial charge in [-0.15, -0.1) is 0 Å². The number of carbonyl (C=O) groups excluding carboxylic acids is 2. The van der Waals surface area contributed by atoms with E-state index in [2.05, 4.69) is 5.32 Å². The maximum Gasteiger partial charge on any atom is 0.240 e. The van der Waals surface area contributed by atoms with Crippen LogP contribution in [0.3, 0.4) is 0 Å². The minimum atomic E-state index is -0.268. The van der Waals surface area contributed by atoms with Gasteiger partial charge in [-0.2, -0.15) is 0 Å². The van der Waals surface area contributed by atoms with Gasteiger partial charge in [-0.1, -0.05) is 55.0 Å². The van der Waals surface area contributed by atoms with Gasteiger partial charge in [0, 0.05) is 13.0 Å². The molecule has 0 atom stereocenters. The lowest BCUT2D eigenvalue weighted by atomic mass is 10.1. The molecule has 6 heteroatoms. The van der Waals surface area contributed by atoms with Crippen LogP contribution in [0.25, 0.3) is 0 Å². The number of nitrogens with zero attached hydrogens (tertiary/aromatic N) is 1. The molecule has 1 aromatic rings. The predicted octanol–water partition coefficient (Wildman–Crippen LogP) is 4.19. The molecule has 1 aliphatic rings. The van der Waals surface area contributed by atoms with Crippen LogP contribution in [0.5, 0.6) is 0 Å². The van der Waals surface area contributed by atoms with Crippen LogP contribution in [-0.2, 0) is 9.59 Å². The zero-order valence-corrected chi connectivity index (χ0v) is 14.8. The Morgan fingerprint density at radius 3 is 2.22 bits per heavy atom. The van der Waals surface area contributed by atoms with Crippen molar-refractivity contribution in [3.63, 3.8) is 0 Å². The lowest BCUT2D eigenvalue weighted by molar-refractivity contribution is -0.123. The Bertz CT molecular complexity index is 549. The van der Waals surface area contributed by atoms with Gasteiger partial charge in [0.05, 0.1) is 15.7 Å². The van der Waals surface area contributed by atoms with Crippen LogP contribution >= 0.6 is 23.2 Å². The van der Waals surface area contributed by atoms with E-state index in [4.69, 9.17) is 23.2 Å². The monoisotopic (exact) mass is 356 g/mol. The number of carbonyl (C=O) groups is 2. The molecule has 126 valence electrons. The summed E-state index contributed by atoms with van der Waals surface area (Å²) in [6.45, 7) is 1.33. The molecular formula is C17H22Cl2N2O2. The molecule has 2 amide bonds. The molecule has 2 rings (SSSR count). The van der Waals surface area contributed by atoms with Crippen LogP contribution in [-0.4, -0.2) is 24.4 Å². The number of rotatable bonds is 4. The molecular weight excluding hydrogens is 335 g/mol. The van der Waals surface area contributed by atoms with Gasteiger partial charge in [0.15, 0.2) is 0 Å². The summed E-state index contributed by atoms with van der Waals surface area (Å²) in [4.78, 5) is 25.6. The third kappa shape index (κ3) is 5.11. The number of benzene rings is 1. The van der Waals surface area contributed by atoms with Crippen molar-refractivity contribution in [1.82, 2.24) is 5.32 Å². The average Bonchev–Trinajstić information content (AvgIpc) is 2.74. The van der Waals surface area contributed by atoms with Crippen molar-refractivity contribution < 1.29 is 9.59 Å². The van der Waals surface area contributed by atoms with Crippen molar-refractivity contribution in [1.29, 1.82) is 0 Å². The van der Waals surface area contributed by atoms with E-state index in [-0.39, 0.29) is 24.4 Å². The number of hydrogen-bond acceptors (Lipinski definition) is 2. The second kappa shape index (κ2) is 8.55. The fourth-order valence-corrected chi connectivity index (χ4v) is 3.54. The quantitative estimate of drug-likeness (QED) is 0.822. The first kappa shape index (κ1) is 18.1. The Morgan fingerprint density at radius 2 is 1.70 bits per heavy atom. The fourth-order valence-electron chi connectivity index (χ4n) is 2.94. The number of para-hydroxylation sites is 1. The third-order valence-electron chi connectivity index (χ3n) is 4.11. The summed E-state index contributed by atoms with van der Waals surface area (Å²) < 4.78 is 0. The molecule has 0 radical (unpaired) electrons. The molecule has 0 heterocycles. The standard InChI is InChI=1S/C17H22Cl2N2O2/c1-12(22)21(17-14(18)9-6-10-15(17)19)11-16(23)20-13-7-4-2-3-5-8-13/h6,9-10,13H,2-5,7-8,11H2,1H3,(H,20,23). The van der Waals surface area contributed by atoms with Crippen LogP contribution in [0.2, 0.25) is 10.0 Å². The summed E-state index contributed by atoms with van der Waals surface area (Å²) in [6, 6.07) is 5.21. The minimum Gasteiger partial charge on any atom is -0.352 e. The first-order valence-electron chi connectivity index (χ1n) is 8.00. The number of anilines is 1. The van der Waals surface area contributed by atoms with Crippen molar-refractivity contribution in [3.8, 4) is 0 Å². The van der Waals surface area contributed by atoms with E-state index < -0.39 is 0 Å². The van der Waals surface area contributed by atoms with Crippen molar-refractivity contribution in [2.75, 3.05) is 11.4 Å². The zero-order chi connectivity index (χ0) is 16.8. The molecule has 1 aliphatic carbocycles. The molecule has 23 heavy (non-hydrogen) atoms. The predicted molar refractivity (Wildman–Crippen MR) is 94.1 cm³/mol. The molecule has 1 saturated carbocycles. The number of halogens is 2. The average molecular weight is 357 g/mol. The SMILES string of the molecule is CC(=O)N(CC(=O)NC1CCCCCC1)c1c(Cl)cccc1Cl. The Labute approximate surface area is 147 Å². The molecule has 0 aromatic heterocycles. The molecule has 0 aliphatic heterocycles. The van der Waals surface area contributed by atoms with E-state index in [0.717, 1.165) is 25.7 Å². The van der Waals surface area contributed by atoms with E-state index in [1.807, 2.05) is 0 Å². The van der Waals surface area contributed by atoms with Gasteiger partial charge in [-0.3, -0.25) is 9.59 Å². The molecule has 0 saturated heterocycles. The Balaban J connectivity index is 2.07. The first-order valence-corrected chi connectivity index (χ1v) is 8.76. The summed E-state index contributed by atoms with van der Waals surface area (Å²) in [5.41, 5.74) is 0.388. The number of nitrogens with one attached hydrogen (secondary N) is 1. The Hall–Kier alpha value is -1.26. The highest BCUT2D eigenvalue weighted by Crippen LogP contribution is 2.33. The smallest absolute Gasteiger partial charge is 0.240 e. The summed E-state index contributed by atoms with van der Waals surface area (Å²) in [5.74, 6) is -0.445. The first-order chi connectivity index (χ1) is 11.0. The highest BCUT2D eigenvalue weighted by molar-refractivity contribution is 6.40. The zero-order valence-electron chi connectivity index (χ0n) is 13.3. The van der Waals surface area contributed by atoms with Gasteiger partial charge in [-0.25, -0.2) is 0 Å². The van der Waals surface area contributed by atoms with Gasteiger partial charge < -0.3 is 10.2 Å². The molecule has 1 N–H and O–H groups in total. The Kier molecular flexibility index (Phi) is 6.72. The second-order valence-electron chi connectivity index (χ2n) is 5.93. The second-order valence-corrected chi connectivity index (χ2v) is 6.75. The van der Waals surface area contributed by atoms with E-state index in [1.165, 1.54) is 24.7 Å². The van der Waals surface area contributed by atoms with Crippen molar-refractivity contribution >= 4 is 40.7 Å². The highest BCUT2D eigenvalue weighted by atomic mass is 35.5. The van der Waals surface area contributed by atoms with Crippen LogP contribution in [0.4, 0.5) is 5.69 Å². The van der Waals surface area contributed by atoms with Crippen molar-refractivity contribution in [2.24, 2.45) is 0 Å². The fraction of sp³-hybridized carbons (Fsp3) is 0.529. The lowest BCUT2D eigenvalue weighted by Gasteiger charge is -2.24. The molecule has 0 spiro atoms. The minimum absolute atomic E-state index is 0.0741. The molecule has 1 aromatic carbocycles. The third-order valence-corrected chi connectivity index (χ3v) is 4.72. The van der Waals surface area contributed by atoms with Crippen LogP contribution in [0.1, 0.15) is 45.4 Å². The summed E-state index contributed by atoms with van der Waals surface area (Å²) >= 11 is 12.3. The van der Waals surface area contributed by atoms with E-state index in [0.29, 0.717) is 15.7 Å². The molecule has 4 nitrogen and oxygen atoms in total. The number of hydrogen-bond donors (Lipinski definition) is 1. The van der Waals surface area contributed by atoms with Crippen molar-refractivity contribution in [2.45, 2.75) is 51.5 Å². The van der Waals surface area contributed by atoms with Gasteiger partial charge in [0.2, 0.25) is 11.8 Å². The van der Waals surface area contributed by atoms with Gasteiger partial charge in [-0.05, 0) is 25.0 Å². The van der Waals surface area contributed by atoms with Gasteiger partial charge in [0.1, 0.15) is 6.54 Å². The molecule has 0 unspecified atom stereocenters. The Morgan fingerprint density at radius 1 is 1.13 bits per heavy atom. The van der Waals surface area contributed by atoms with Crippen LogP contribution in [0, 0.1) is 0 Å². The maximum atomic E-state index is 12.3. The number of amides is 2. The summed E-state index contributed by atoms with van der Waals surface area (Å²) in [5, 5.41) is 3.75. The lowest BCUT2D eigenvalue weighted by Crippen LogP contribution is -2.43. The summed E-state index contributed by atoms with van der Waals surface area (Å²) in [6.07, 6.45) is 6.72. The van der Waals surface area contributed by atoms with Crippen molar-refractivity contribution in [3.05, 3.63) is 28.2 Å². The van der Waals surface area contributed by atoms with E-state index in [9.17, 15) is 9.59 Å². The van der Waals surface area contributed by atoms with Crippen LogP contribution < -0.4 is 10.2 Å². The van der Waals surface area contributed by atoms with Crippen LogP contribution in [0.15, 0.2) is 18.2 Å². The van der Waals surface area contributed by atoms with Gasteiger partial charge in [0.25, 0.3) is 0 Å². The molecule has 1 fully saturated rings. The topological polar surface area (TPSA) is 49.4 Å². The molecule has 0 bridgehead atoms. The van der Waals surface area contributed by atoms with E-state index >= 15 is 0 Å².